The molecule has 2 fully saturated rings. The number of piperazine rings is 1. The molecule has 1 aliphatic carbocycles. The van der Waals surface area contributed by atoms with Crippen molar-refractivity contribution in [3.8, 4) is 0 Å². The topological polar surface area (TPSA) is 65.6 Å². The van der Waals surface area contributed by atoms with Gasteiger partial charge in [0.2, 0.25) is 5.89 Å². The molecule has 19 heavy (non-hydrogen) atoms. The number of likely N-dealkylation sites (N-methyl/N-ethyl adjacent to an activating group) is 2. The van der Waals surface area contributed by atoms with E-state index in [2.05, 4.69) is 34.0 Å². The number of aliphatic hydroxyl groups is 1. The average molecular weight is 266 g/mol. The Kier molecular flexibility index (Phi) is 3.56. The van der Waals surface area contributed by atoms with E-state index in [-0.39, 0.29) is 18.1 Å². The first-order chi connectivity index (χ1) is 9.15. The van der Waals surface area contributed by atoms with Crippen LogP contribution in [0.25, 0.3) is 0 Å². The molecule has 1 saturated heterocycles. The van der Waals surface area contributed by atoms with E-state index in [1.807, 2.05) is 0 Å². The molecule has 0 bridgehead atoms. The summed E-state index contributed by atoms with van der Waals surface area (Å²) in [7, 11) is 4.21. The van der Waals surface area contributed by atoms with Crippen LogP contribution < -0.4 is 0 Å². The van der Waals surface area contributed by atoms with Crippen LogP contribution in [0.1, 0.15) is 42.9 Å². The van der Waals surface area contributed by atoms with Crippen molar-refractivity contribution in [3.63, 3.8) is 0 Å². The lowest BCUT2D eigenvalue weighted by Gasteiger charge is -2.35. The highest BCUT2D eigenvalue weighted by Crippen LogP contribution is 2.34. The number of hydrogen-bond donors (Lipinski definition) is 1. The van der Waals surface area contributed by atoms with Crippen LogP contribution >= 0.6 is 0 Å². The monoisotopic (exact) mass is 266 g/mol. The molecule has 1 aliphatic heterocycles. The molecule has 0 aromatic carbocycles. The van der Waals surface area contributed by atoms with Gasteiger partial charge in [0.15, 0.2) is 5.82 Å². The molecule has 2 heterocycles. The third-order valence-electron chi connectivity index (χ3n) is 4.40. The first-order valence-corrected chi connectivity index (χ1v) is 7.05. The lowest BCUT2D eigenvalue weighted by Crippen LogP contribution is -2.45. The van der Waals surface area contributed by atoms with Crippen LogP contribution in [0.5, 0.6) is 0 Å². The fourth-order valence-corrected chi connectivity index (χ4v) is 3.05. The van der Waals surface area contributed by atoms with Crippen molar-refractivity contribution in [3.05, 3.63) is 11.7 Å². The van der Waals surface area contributed by atoms with Gasteiger partial charge in [-0.25, -0.2) is 0 Å². The van der Waals surface area contributed by atoms with E-state index < -0.39 is 0 Å². The van der Waals surface area contributed by atoms with Gasteiger partial charge in [-0.05, 0) is 33.4 Å². The number of nitrogens with zero attached hydrogens (tertiary/aromatic N) is 4. The molecule has 3 unspecified atom stereocenters. The molecule has 106 valence electrons. The molecule has 6 nitrogen and oxygen atoms in total. The Morgan fingerprint density at radius 1 is 1.26 bits per heavy atom. The molecular formula is C13H22N4O2. The third-order valence-corrected chi connectivity index (χ3v) is 4.40. The van der Waals surface area contributed by atoms with Gasteiger partial charge in [-0.15, -0.1) is 0 Å². The summed E-state index contributed by atoms with van der Waals surface area (Å²) < 4.78 is 5.39. The minimum absolute atomic E-state index is 0.0351. The fourth-order valence-electron chi connectivity index (χ4n) is 3.05. The summed E-state index contributed by atoms with van der Waals surface area (Å²) in [5, 5.41) is 14.0. The molecule has 3 rings (SSSR count). The van der Waals surface area contributed by atoms with Crippen molar-refractivity contribution in [1.82, 2.24) is 19.9 Å². The van der Waals surface area contributed by atoms with Gasteiger partial charge in [-0.1, -0.05) is 5.16 Å². The van der Waals surface area contributed by atoms with Crippen LogP contribution in [-0.2, 0) is 0 Å². The van der Waals surface area contributed by atoms with E-state index in [1.54, 1.807) is 0 Å². The number of rotatable bonds is 2. The molecular weight excluding hydrogens is 244 g/mol. The fraction of sp³-hybridized carbons (Fsp3) is 0.846. The zero-order valence-corrected chi connectivity index (χ0v) is 11.6. The van der Waals surface area contributed by atoms with Crippen LogP contribution in [0.15, 0.2) is 4.52 Å². The standard InChI is InChI=1S/C13H22N4O2/c1-16-6-7-17(2)10(8-16)12-14-13(19-15-12)9-4-3-5-11(9)18/h9-11,18H,3-8H2,1-2H3. The second-order valence-corrected chi connectivity index (χ2v) is 5.85. The van der Waals surface area contributed by atoms with Crippen molar-refractivity contribution < 1.29 is 9.63 Å². The highest BCUT2D eigenvalue weighted by atomic mass is 16.5. The van der Waals surface area contributed by atoms with Crippen LogP contribution in [-0.4, -0.2) is 64.9 Å². The summed E-state index contributed by atoms with van der Waals surface area (Å²) in [6, 6.07) is 0.190. The Morgan fingerprint density at radius 3 is 2.84 bits per heavy atom. The SMILES string of the molecule is CN1CCN(C)C(c2noc(C3CCCC3O)n2)C1. The lowest BCUT2D eigenvalue weighted by molar-refractivity contribution is 0.108. The smallest absolute Gasteiger partial charge is 0.232 e. The van der Waals surface area contributed by atoms with E-state index >= 15 is 0 Å². The largest absolute Gasteiger partial charge is 0.392 e. The van der Waals surface area contributed by atoms with E-state index in [0.717, 1.165) is 44.7 Å². The van der Waals surface area contributed by atoms with E-state index in [9.17, 15) is 5.11 Å². The van der Waals surface area contributed by atoms with Gasteiger partial charge in [0.25, 0.3) is 0 Å². The van der Waals surface area contributed by atoms with E-state index in [0.29, 0.717) is 5.89 Å². The number of aliphatic hydroxyl groups excluding tert-OH is 1. The lowest BCUT2D eigenvalue weighted by atomic mass is 10.1. The zero-order valence-electron chi connectivity index (χ0n) is 11.6. The predicted octanol–water partition coefficient (Wildman–Crippen LogP) is 0.616. The second-order valence-electron chi connectivity index (χ2n) is 5.85. The van der Waals surface area contributed by atoms with Crippen molar-refractivity contribution in [2.45, 2.75) is 37.3 Å². The summed E-state index contributed by atoms with van der Waals surface area (Å²) in [5.74, 6) is 1.40. The molecule has 3 atom stereocenters. The molecule has 1 saturated carbocycles. The highest BCUT2D eigenvalue weighted by molar-refractivity contribution is 5.04. The van der Waals surface area contributed by atoms with Gasteiger partial charge in [0, 0.05) is 19.6 Å². The summed E-state index contributed by atoms with van der Waals surface area (Å²) in [4.78, 5) is 9.09. The first-order valence-electron chi connectivity index (χ1n) is 7.05. The Labute approximate surface area is 113 Å². The normalized spacial score (nSPS) is 33.9. The molecule has 0 radical (unpaired) electrons. The molecule has 1 aromatic heterocycles. The van der Waals surface area contributed by atoms with Gasteiger partial charge in [0.05, 0.1) is 18.1 Å². The Morgan fingerprint density at radius 2 is 2.11 bits per heavy atom. The van der Waals surface area contributed by atoms with Gasteiger partial charge in [-0.2, -0.15) is 4.98 Å². The zero-order chi connectivity index (χ0) is 13.4. The second kappa shape index (κ2) is 5.19. The first kappa shape index (κ1) is 13.0. The summed E-state index contributed by atoms with van der Waals surface area (Å²) in [5.41, 5.74) is 0. The number of hydrogen-bond acceptors (Lipinski definition) is 6. The van der Waals surface area contributed by atoms with Crippen molar-refractivity contribution in [2.75, 3.05) is 33.7 Å². The predicted molar refractivity (Wildman–Crippen MR) is 69.8 cm³/mol. The molecule has 1 aromatic rings. The van der Waals surface area contributed by atoms with Gasteiger partial charge < -0.3 is 14.5 Å². The van der Waals surface area contributed by atoms with E-state index in [4.69, 9.17) is 4.52 Å². The molecule has 2 aliphatic rings. The van der Waals surface area contributed by atoms with Crippen LogP contribution in [0.2, 0.25) is 0 Å². The van der Waals surface area contributed by atoms with E-state index in [1.165, 1.54) is 0 Å². The molecule has 1 N–H and O–H groups in total. The summed E-state index contributed by atoms with van der Waals surface area (Å²) >= 11 is 0. The number of aromatic nitrogens is 2. The summed E-state index contributed by atoms with van der Waals surface area (Å²) in [6.07, 6.45) is 2.51. The van der Waals surface area contributed by atoms with Gasteiger partial charge in [0.1, 0.15) is 0 Å². The quantitative estimate of drug-likeness (QED) is 0.846. The Bertz CT molecular complexity index is 436. The third kappa shape index (κ3) is 2.52. The van der Waals surface area contributed by atoms with Gasteiger partial charge >= 0.3 is 0 Å². The van der Waals surface area contributed by atoms with Crippen molar-refractivity contribution in [1.29, 1.82) is 0 Å². The minimum atomic E-state index is -0.319. The maximum absolute atomic E-state index is 9.91. The molecule has 6 heteroatoms. The Balaban J connectivity index is 1.76. The van der Waals surface area contributed by atoms with Crippen LogP contribution in [0.3, 0.4) is 0 Å². The minimum Gasteiger partial charge on any atom is -0.392 e. The Hall–Kier alpha value is -0.980. The maximum Gasteiger partial charge on any atom is 0.232 e. The van der Waals surface area contributed by atoms with Crippen LogP contribution in [0.4, 0.5) is 0 Å². The summed E-state index contributed by atoms with van der Waals surface area (Å²) in [6.45, 7) is 3.00. The van der Waals surface area contributed by atoms with Gasteiger partial charge in [-0.3, -0.25) is 4.90 Å². The van der Waals surface area contributed by atoms with Crippen LogP contribution in [0, 0.1) is 0 Å². The van der Waals surface area contributed by atoms with Crippen molar-refractivity contribution in [2.24, 2.45) is 0 Å². The molecule has 0 amide bonds. The van der Waals surface area contributed by atoms with Crippen molar-refractivity contribution >= 4 is 0 Å². The highest BCUT2D eigenvalue weighted by Gasteiger charge is 2.34. The average Bonchev–Trinajstić information content (AvgIpc) is 3.00. The maximum atomic E-state index is 9.91. The molecule has 0 spiro atoms.